The van der Waals surface area contributed by atoms with Crippen molar-refractivity contribution in [2.45, 2.75) is 57.4 Å². The largest absolute Gasteiger partial charge is 0.506 e. The molecule has 0 unspecified atom stereocenters. The van der Waals surface area contributed by atoms with Crippen molar-refractivity contribution in [3.8, 4) is 5.75 Å². The lowest BCUT2D eigenvalue weighted by Gasteiger charge is -2.34. The van der Waals surface area contributed by atoms with Gasteiger partial charge in [0.05, 0.1) is 4.70 Å². The number of carbonyl (C=O) groups excluding carboxylic acids is 1. The molecule has 1 aromatic heterocycles. The van der Waals surface area contributed by atoms with Gasteiger partial charge in [-0.05, 0) is 74.4 Å². The number of amides is 1. The van der Waals surface area contributed by atoms with Gasteiger partial charge in [-0.2, -0.15) is 0 Å². The van der Waals surface area contributed by atoms with Crippen molar-refractivity contribution in [2.24, 2.45) is 0 Å². The van der Waals surface area contributed by atoms with Gasteiger partial charge in [-0.1, -0.05) is 47.6 Å². The van der Waals surface area contributed by atoms with E-state index in [0.717, 1.165) is 84.7 Å². The van der Waals surface area contributed by atoms with Crippen molar-refractivity contribution < 1.29 is 14.6 Å². The van der Waals surface area contributed by atoms with E-state index in [0.29, 0.717) is 31.7 Å². The smallest absolute Gasteiger partial charge is 0.305 e. The molecule has 2 heterocycles. The molecule has 9 heteroatoms. The minimum Gasteiger partial charge on any atom is -0.506 e. The maximum Gasteiger partial charge on any atom is 0.305 e. The lowest BCUT2D eigenvalue weighted by molar-refractivity contribution is -0.135. The van der Waals surface area contributed by atoms with Crippen LogP contribution in [0.25, 0.3) is 10.2 Å². The number of fused-ring (bicyclic) bond motifs is 1. The lowest BCUT2D eigenvalue weighted by Crippen LogP contribution is -2.44. The van der Waals surface area contributed by atoms with Crippen LogP contribution in [0.15, 0.2) is 41.2 Å². The molecule has 7 nitrogen and oxygen atoms in total. The molecule has 4 rings (SSSR count). The van der Waals surface area contributed by atoms with Gasteiger partial charge in [-0.15, -0.1) is 0 Å². The average Bonchev–Trinajstić information content (AvgIpc) is 3.31. The summed E-state index contributed by atoms with van der Waals surface area (Å²) in [5, 5.41) is 14.1. The number of carbonyl (C=O) groups is 1. The van der Waals surface area contributed by atoms with Gasteiger partial charge in [0.15, 0.2) is 0 Å². The summed E-state index contributed by atoms with van der Waals surface area (Å²) in [5.41, 5.74) is 2.84. The number of unbranched alkanes of at least 4 members (excludes halogenated alkanes) is 2. The summed E-state index contributed by atoms with van der Waals surface area (Å²) >= 11 is 7.09. The van der Waals surface area contributed by atoms with Crippen molar-refractivity contribution in [1.29, 1.82) is 0 Å². The van der Waals surface area contributed by atoms with Crippen LogP contribution in [0, 0.1) is 0 Å². The molecule has 3 N–H and O–H groups in total. The average molecular weight is 546 g/mol. The molecule has 0 atom stereocenters. The van der Waals surface area contributed by atoms with Crippen molar-refractivity contribution >= 4 is 39.1 Å². The number of hydrogen-bond donors (Lipinski definition) is 3. The molecule has 1 aliphatic rings. The molecular formula is C28H36ClN3O4S. The fraction of sp³-hybridized carbons (Fsp3) is 0.500. The number of aryl methyl sites for hydroxylation is 1. The number of halogens is 1. The first-order valence-electron chi connectivity index (χ1n) is 13.2. The minimum atomic E-state index is -0.150. The minimum absolute atomic E-state index is 0.113. The number of phenolic OH excluding ortho intramolecular Hbond substituents is 1. The first kappa shape index (κ1) is 27.6. The molecule has 1 saturated heterocycles. The number of hydrogen-bond acceptors (Lipinski definition) is 6. The van der Waals surface area contributed by atoms with E-state index in [1.54, 1.807) is 6.07 Å². The molecule has 37 heavy (non-hydrogen) atoms. The Bertz CT molecular complexity index is 1200. The molecule has 200 valence electrons. The summed E-state index contributed by atoms with van der Waals surface area (Å²) in [5.74, 6) is 0.324. The number of thiazole rings is 1. The molecule has 0 aliphatic carbocycles. The van der Waals surface area contributed by atoms with Crippen LogP contribution in [0.2, 0.25) is 5.02 Å². The highest BCUT2D eigenvalue weighted by Crippen LogP contribution is 2.29. The van der Waals surface area contributed by atoms with Crippen molar-refractivity contribution in [1.82, 2.24) is 15.2 Å². The number of rotatable bonds is 13. The Morgan fingerprint density at radius 1 is 1.08 bits per heavy atom. The highest BCUT2D eigenvalue weighted by atomic mass is 35.5. The molecule has 1 fully saturated rings. The zero-order chi connectivity index (χ0) is 26.0. The van der Waals surface area contributed by atoms with Gasteiger partial charge in [0.1, 0.15) is 11.3 Å². The molecule has 1 amide bonds. The van der Waals surface area contributed by atoms with Gasteiger partial charge in [-0.25, -0.2) is 0 Å². The molecule has 0 radical (unpaired) electrons. The van der Waals surface area contributed by atoms with E-state index < -0.39 is 0 Å². The van der Waals surface area contributed by atoms with Crippen LogP contribution in [0.4, 0.5) is 0 Å². The van der Waals surface area contributed by atoms with Crippen LogP contribution < -0.4 is 10.2 Å². The second-order valence-corrected chi connectivity index (χ2v) is 11.0. The lowest BCUT2D eigenvalue weighted by atomic mass is 10.0. The maximum absolute atomic E-state index is 13.2. The van der Waals surface area contributed by atoms with Gasteiger partial charge < -0.3 is 25.0 Å². The monoisotopic (exact) mass is 545 g/mol. The van der Waals surface area contributed by atoms with E-state index in [9.17, 15) is 14.7 Å². The summed E-state index contributed by atoms with van der Waals surface area (Å²) < 4.78 is 6.37. The van der Waals surface area contributed by atoms with E-state index >= 15 is 0 Å². The predicted octanol–water partition coefficient (Wildman–Crippen LogP) is 4.89. The summed E-state index contributed by atoms with van der Waals surface area (Å²) in [7, 11) is 0. The Labute approximate surface area is 226 Å². The Morgan fingerprint density at radius 3 is 2.65 bits per heavy atom. The molecule has 1 aliphatic heterocycles. The van der Waals surface area contributed by atoms with Gasteiger partial charge in [0, 0.05) is 43.8 Å². The van der Waals surface area contributed by atoms with Crippen LogP contribution in [0.1, 0.15) is 49.7 Å². The highest BCUT2D eigenvalue weighted by molar-refractivity contribution is 7.16. The second kappa shape index (κ2) is 14.0. The fourth-order valence-electron chi connectivity index (χ4n) is 4.90. The van der Waals surface area contributed by atoms with E-state index in [1.165, 1.54) is 5.56 Å². The zero-order valence-electron chi connectivity index (χ0n) is 21.1. The highest BCUT2D eigenvalue weighted by Gasteiger charge is 2.25. The number of aromatic nitrogens is 1. The van der Waals surface area contributed by atoms with E-state index in [-0.39, 0.29) is 22.6 Å². The number of ether oxygens (including phenoxy) is 1. The van der Waals surface area contributed by atoms with E-state index in [2.05, 4.69) is 15.2 Å². The molecule has 0 saturated carbocycles. The van der Waals surface area contributed by atoms with Gasteiger partial charge >= 0.3 is 4.87 Å². The molecule has 3 aromatic rings. The number of nitrogens with zero attached hydrogens (tertiary/aromatic N) is 1. The Morgan fingerprint density at radius 2 is 1.86 bits per heavy atom. The van der Waals surface area contributed by atoms with Gasteiger partial charge in [0.2, 0.25) is 5.91 Å². The second-order valence-electron chi connectivity index (χ2n) is 9.58. The van der Waals surface area contributed by atoms with Crippen molar-refractivity contribution in [3.05, 3.63) is 62.2 Å². The van der Waals surface area contributed by atoms with Crippen LogP contribution in [-0.4, -0.2) is 59.8 Å². The van der Waals surface area contributed by atoms with Crippen LogP contribution in [0.3, 0.4) is 0 Å². The first-order chi connectivity index (χ1) is 18.0. The van der Waals surface area contributed by atoms with Crippen LogP contribution >= 0.6 is 22.9 Å². The van der Waals surface area contributed by atoms with E-state index in [1.807, 2.05) is 30.3 Å². The fourth-order valence-corrected chi connectivity index (χ4v) is 5.92. The summed E-state index contributed by atoms with van der Waals surface area (Å²) in [6.45, 7) is 3.68. The normalized spacial score (nSPS) is 14.3. The number of aromatic amines is 1. The summed E-state index contributed by atoms with van der Waals surface area (Å²) in [4.78, 5) is 29.5. The number of nitrogens with one attached hydrogen (secondary N) is 2. The Kier molecular flexibility index (Phi) is 10.4. The third-order valence-corrected chi connectivity index (χ3v) is 8.17. The standard InChI is InChI=1S/C28H36ClN3O4S/c29-22-8-5-20(6-9-22)11-15-30-16-12-25(34)32(23-13-18-36-19-14-23)17-3-1-2-4-21-7-10-24(33)26-27(21)37-28(35)31-26/h5-10,23,30,33H,1-4,11-19H2,(H,31,35). The van der Waals surface area contributed by atoms with Crippen LogP contribution in [-0.2, 0) is 22.4 Å². The Hall–Kier alpha value is -2.39. The van der Waals surface area contributed by atoms with Gasteiger partial charge in [-0.3, -0.25) is 9.59 Å². The van der Waals surface area contributed by atoms with E-state index in [4.69, 9.17) is 16.3 Å². The third kappa shape index (κ3) is 8.04. The SMILES string of the molecule is O=C(CCNCCc1ccc(Cl)cc1)N(CCCCCc1ccc(O)c2[nH]c(=O)sc12)C1CCOCC1. The van der Waals surface area contributed by atoms with Crippen LogP contribution in [0.5, 0.6) is 5.75 Å². The Balaban J connectivity index is 1.21. The number of H-pyrrole nitrogens is 1. The predicted molar refractivity (Wildman–Crippen MR) is 150 cm³/mol. The van der Waals surface area contributed by atoms with Crippen molar-refractivity contribution in [3.63, 3.8) is 0 Å². The molecular weight excluding hydrogens is 510 g/mol. The molecule has 0 spiro atoms. The molecule has 0 bridgehead atoms. The quantitative estimate of drug-likeness (QED) is 0.266. The summed E-state index contributed by atoms with van der Waals surface area (Å²) in [6, 6.07) is 11.7. The third-order valence-electron chi connectivity index (χ3n) is 6.96. The zero-order valence-corrected chi connectivity index (χ0v) is 22.7. The first-order valence-corrected chi connectivity index (χ1v) is 14.4. The number of benzene rings is 2. The topological polar surface area (TPSA) is 94.7 Å². The maximum atomic E-state index is 13.2. The number of aromatic hydroxyl groups is 1. The van der Waals surface area contributed by atoms with Crippen molar-refractivity contribution in [2.75, 3.05) is 32.8 Å². The molecule has 2 aromatic carbocycles. The van der Waals surface area contributed by atoms with Gasteiger partial charge in [0.25, 0.3) is 0 Å². The summed E-state index contributed by atoms with van der Waals surface area (Å²) in [6.07, 6.45) is 6.94. The number of phenols is 1.